The van der Waals surface area contributed by atoms with Gasteiger partial charge in [-0.2, -0.15) is 0 Å². The van der Waals surface area contributed by atoms with E-state index >= 15 is 0 Å². The van der Waals surface area contributed by atoms with Gasteiger partial charge in [-0.25, -0.2) is 0 Å². The van der Waals surface area contributed by atoms with E-state index in [4.69, 9.17) is 14.6 Å². The molecule has 0 aliphatic rings. The normalized spacial score (nSPS) is 11.4. The average Bonchev–Trinajstić information content (AvgIpc) is 2.29. The number of carboxylic acids is 1. The molecule has 18 heavy (non-hydrogen) atoms. The number of nitrogens with zero attached hydrogens (tertiary/aromatic N) is 2. The lowest BCUT2D eigenvalue weighted by Gasteiger charge is -2.22. The van der Waals surface area contributed by atoms with Gasteiger partial charge in [-0.1, -0.05) is 0 Å². The number of carboxylic acid groups (broad SMARTS) is 1. The fraction of sp³-hybridized carbons (Fsp3) is 0.917. The smallest absolute Gasteiger partial charge is 0.317 e. The van der Waals surface area contributed by atoms with Gasteiger partial charge in [0.1, 0.15) is 0 Å². The largest absolute Gasteiger partial charge is 0.480 e. The molecule has 0 aliphatic carbocycles. The fourth-order valence-corrected chi connectivity index (χ4v) is 1.40. The molecule has 0 saturated heterocycles. The molecule has 0 rings (SSSR count). The maximum Gasteiger partial charge on any atom is 0.317 e. The van der Waals surface area contributed by atoms with E-state index in [1.54, 1.807) is 7.11 Å². The molecule has 0 amide bonds. The molecule has 0 saturated carbocycles. The average molecular weight is 262 g/mol. The number of carbonyl (C=O) groups is 1. The van der Waals surface area contributed by atoms with Gasteiger partial charge in [-0.15, -0.1) is 0 Å². The number of rotatable bonds is 12. The maximum absolute atomic E-state index is 10.7. The summed E-state index contributed by atoms with van der Waals surface area (Å²) in [6.07, 6.45) is 0.868. The van der Waals surface area contributed by atoms with Gasteiger partial charge in [0.05, 0.1) is 13.2 Å². The van der Waals surface area contributed by atoms with Crippen molar-refractivity contribution in [2.75, 3.05) is 67.2 Å². The summed E-state index contributed by atoms with van der Waals surface area (Å²) in [7, 11) is 5.61. The standard InChI is InChI=1S/C12H26N2O4/c1-13(2)5-6-14(11-12(15)16)7-10-18-9-4-8-17-3/h4-11H2,1-3H3,(H,15,16). The Morgan fingerprint density at radius 3 is 2.39 bits per heavy atom. The Hall–Kier alpha value is -0.690. The monoisotopic (exact) mass is 262 g/mol. The number of methoxy groups -OCH3 is 1. The quantitative estimate of drug-likeness (QED) is 0.499. The highest BCUT2D eigenvalue weighted by atomic mass is 16.5. The van der Waals surface area contributed by atoms with Gasteiger partial charge in [-0.05, 0) is 20.5 Å². The number of hydrogen-bond donors (Lipinski definition) is 1. The lowest BCUT2D eigenvalue weighted by molar-refractivity contribution is -0.138. The van der Waals surface area contributed by atoms with Crippen LogP contribution in [0.15, 0.2) is 0 Å². The van der Waals surface area contributed by atoms with Gasteiger partial charge in [-0.3, -0.25) is 9.69 Å². The molecule has 0 fully saturated rings. The molecule has 6 nitrogen and oxygen atoms in total. The van der Waals surface area contributed by atoms with Crippen molar-refractivity contribution in [1.29, 1.82) is 0 Å². The lowest BCUT2D eigenvalue weighted by atomic mass is 10.4. The van der Waals surface area contributed by atoms with Crippen LogP contribution in [0.5, 0.6) is 0 Å². The maximum atomic E-state index is 10.7. The van der Waals surface area contributed by atoms with Crippen molar-refractivity contribution in [1.82, 2.24) is 9.80 Å². The molecule has 0 aromatic heterocycles. The molecule has 6 heteroatoms. The van der Waals surface area contributed by atoms with Crippen molar-refractivity contribution in [3.63, 3.8) is 0 Å². The second-order valence-corrected chi connectivity index (χ2v) is 4.43. The highest BCUT2D eigenvalue weighted by Gasteiger charge is 2.09. The third kappa shape index (κ3) is 11.8. The summed E-state index contributed by atoms with van der Waals surface area (Å²) in [5.41, 5.74) is 0. The van der Waals surface area contributed by atoms with E-state index < -0.39 is 5.97 Å². The lowest BCUT2D eigenvalue weighted by Crippen LogP contribution is -2.37. The summed E-state index contributed by atoms with van der Waals surface area (Å²) in [4.78, 5) is 14.6. The first-order valence-corrected chi connectivity index (χ1v) is 6.21. The minimum Gasteiger partial charge on any atom is -0.480 e. The predicted octanol–water partition coefficient (Wildman–Crippen LogP) is -0.0123. The van der Waals surface area contributed by atoms with Crippen LogP contribution in [0.3, 0.4) is 0 Å². The van der Waals surface area contributed by atoms with Crippen LogP contribution in [0.2, 0.25) is 0 Å². The van der Waals surface area contributed by atoms with Crippen molar-refractivity contribution in [2.45, 2.75) is 6.42 Å². The van der Waals surface area contributed by atoms with E-state index in [1.165, 1.54) is 0 Å². The van der Waals surface area contributed by atoms with Gasteiger partial charge >= 0.3 is 5.97 Å². The Morgan fingerprint density at radius 1 is 1.11 bits per heavy atom. The SMILES string of the molecule is COCCCOCCN(CCN(C)C)CC(=O)O. The molecule has 0 aromatic rings. The second kappa shape index (κ2) is 11.4. The second-order valence-electron chi connectivity index (χ2n) is 4.43. The van der Waals surface area contributed by atoms with Gasteiger partial charge in [0.25, 0.3) is 0 Å². The first-order chi connectivity index (χ1) is 8.56. The Labute approximate surface area is 109 Å². The zero-order valence-corrected chi connectivity index (χ0v) is 11.7. The minimum absolute atomic E-state index is 0.0648. The van der Waals surface area contributed by atoms with Crippen LogP contribution < -0.4 is 0 Å². The number of hydrogen-bond acceptors (Lipinski definition) is 5. The van der Waals surface area contributed by atoms with Crippen molar-refractivity contribution < 1.29 is 19.4 Å². The number of ether oxygens (including phenoxy) is 2. The van der Waals surface area contributed by atoms with Crippen molar-refractivity contribution in [2.24, 2.45) is 0 Å². The summed E-state index contributed by atoms with van der Waals surface area (Å²) in [6.45, 7) is 4.20. The molecule has 0 unspecified atom stereocenters. The minimum atomic E-state index is -0.798. The van der Waals surface area contributed by atoms with Crippen LogP contribution in [0.25, 0.3) is 0 Å². The molecular formula is C12H26N2O4. The molecule has 0 spiro atoms. The van der Waals surface area contributed by atoms with Gasteiger partial charge in [0, 0.05) is 40.0 Å². The highest BCUT2D eigenvalue weighted by molar-refractivity contribution is 5.69. The summed E-state index contributed by atoms with van der Waals surface area (Å²) in [5.74, 6) is -0.798. The van der Waals surface area contributed by atoms with Gasteiger partial charge in [0.2, 0.25) is 0 Å². The summed E-state index contributed by atoms with van der Waals surface area (Å²) >= 11 is 0. The third-order valence-electron chi connectivity index (χ3n) is 2.41. The first kappa shape index (κ1) is 17.3. The molecular weight excluding hydrogens is 236 g/mol. The van der Waals surface area contributed by atoms with Crippen LogP contribution in [-0.2, 0) is 14.3 Å². The Morgan fingerprint density at radius 2 is 1.83 bits per heavy atom. The Bertz CT molecular complexity index is 212. The number of aliphatic carboxylic acids is 1. The molecule has 0 aromatic carbocycles. The Balaban J connectivity index is 3.68. The van der Waals surface area contributed by atoms with Crippen molar-refractivity contribution >= 4 is 5.97 Å². The fourth-order valence-electron chi connectivity index (χ4n) is 1.40. The van der Waals surface area contributed by atoms with Crippen LogP contribution >= 0.6 is 0 Å². The Kier molecular flexibility index (Phi) is 11.0. The summed E-state index contributed by atoms with van der Waals surface area (Å²) in [6, 6.07) is 0. The van der Waals surface area contributed by atoms with Crippen LogP contribution in [0, 0.1) is 0 Å². The molecule has 1 N–H and O–H groups in total. The topological polar surface area (TPSA) is 62.2 Å². The van der Waals surface area contributed by atoms with E-state index in [1.807, 2.05) is 23.9 Å². The van der Waals surface area contributed by atoms with E-state index in [9.17, 15) is 4.79 Å². The molecule has 0 aliphatic heterocycles. The van der Waals surface area contributed by atoms with E-state index in [0.29, 0.717) is 26.4 Å². The van der Waals surface area contributed by atoms with Crippen LogP contribution in [-0.4, -0.2) is 88.1 Å². The molecule has 0 bridgehead atoms. The zero-order chi connectivity index (χ0) is 13.8. The van der Waals surface area contributed by atoms with Gasteiger partial charge < -0.3 is 19.5 Å². The van der Waals surface area contributed by atoms with E-state index in [-0.39, 0.29) is 6.54 Å². The third-order valence-corrected chi connectivity index (χ3v) is 2.41. The molecule has 0 radical (unpaired) electrons. The molecule has 0 heterocycles. The summed E-state index contributed by atoms with van der Waals surface area (Å²) in [5, 5.41) is 8.81. The molecule has 108 valence electrons. The first-order valence-electron chi connectivity index (χ1n) is 6.21. The summed E-state index contributed by atoms with van der Waals surface area (Å²) < 4.78 is 10.3. The zero-order valence-electron chi connectivity index (χ0n) is 11.7. The van der Waals surface area contributed by atoms with Crippen LogP contribution in [0.4, 0.5) is 0 Å². The highest BCUT2D eigenvalue weighted by Crippen LogP contribution is 1.91. The molecule has 0 atom stereocenters. The van der Waals surface area contributed by atoms with Gasteiger partial charge in [0.15, 0.2) is 0 Å². The van der Waals surface area contributed by atoms with Crippen molar-refractivity contribution in [3.8, 4) is 0 Å². The predicted molar refractivity (Wildman–Crippen MR) is 69.9 cm³/mol. The number of likely N-dealkylation sites (N-methyl/N-ethyl adjacent to an activating group) is 1. The van der Waals surface area contributed by atoms with Crippen LogP contribution in [0.1, 0.15) is 6.42 Å². The van der Waals surface area contributed by atoms with E-state index in [0.717, 1.165) is 19.5 Å². The van der Waals surface area contributed by atoms with Crippen molar-refractivity contribution in [3.05, 3.63) is 0 Å². The van der Waals surface area contributed by atoms with E-state index in [2.05, 4.69) is 0 Å².